The lowest BCUT2D eigenvalue weighted by Crippen LogP contribution is -2.13. The number of pyridine rings is 1. The number of nitriles is 1. The second-order valence-corrected chi connectivity index (χ2v) is 7.04. The molecule has 8 heteroatoms. The number of nitrogens with zero attached hydrogens (tertiary/aromatic N) is 3. The van der Waals surface area contributed by atoms with E-state index in [9.17, 15) is 23.2 Å². The van der Waals surface area contributed by atoms with Crippen LogP contribution >= 0.6 is 11.3 Å². The summed E-state index contributed by atoms with van der Waals surface area (Å²) in [4.78, 5) is 20.5. The van der Waals surface area contributed by atoms with E-state index < -0.39 is 17.7 Å². The number of aryl methyl sites for hydroxylation is 1. The van der Waals surface area contributed by atoms with Gasteiger partial charge in [0, 0.05) is 12.6 Å². The summed E-state index contributed by atoms with van der Waals surface area (Å²) in [7, 11) is 0. The number of rotatable bonds is 6. The van der Waals surface area contributed by atoms with Crippen molar-refractivity contribution < 1.29 is 18.0 Å². The number of Topliss-reactive ketones (excluding diaryl/α,β-unsaturated/α-hetero) is 1. The zero-order valence-electron chi connectivity index (χ0n) is 14.0. The predicted octanol–water partition coefficient (Wildman–Crippen LogP) is 4.91. The van der Waals surface area contributed by atoms with E-state index >= 15 is 0 Å². The average Bonchev–Trinajstić information content (AvgIpc) is 3.05. The summed E-state index contributed by atoms with van der Waals surface area (Å²) in [6.45, 7) is 0. The predicted molar refractivity (Wildman–Crippen MR) is 95.2 cm³/mol. The molecule has 0 N–H and O–H groups in total. The number of hydrogen-bond donors (Lipinski definition) is 0. The molecule has 0 saturated heterocycles. The van der Waals surface area contributed by atoms with Crippen LogP contribution in [0.2, 0.25) is 0 Å². The SMILES string of the molecule is N#CC(C(=O)CCCc1nc2ccccc2s1)c1ccc(C(F)(F)F)cn1. The normalized spacial score (nSPS) is 12.7. The molecule has 1 aromatic carbocycles. The molecule has 0 aliphatic heterocycles. The first-order valence-corrected chi connectivity index (χ1v) is 9.00. The van der Waals surface area contributed by atoms with Gasteiger partial charge < -0.3 is 0 Å². The van der Waals surface area contributed by atoms with Gasteiger partial charge in [-0.05, 0) is 37.1 Å². The first-order chi connectivity index (χ1) is 12.9. The molecule has 0 amide bonds. The van der Waals surface area contributed by atoms with Crippen molar-refractivity contribution in [1.29, 1.82) is 5.26 Å². The van der Waals surface area contributed by atoms with E-state index in [1.165, 1.54) is 0 Å². The van der Waals surface area contributed by atoms with Crippen LogP contribution in [0.3, 0.4) is 0 Å². The molecule has 4 nitrogen and oxygen atoms in total. The summed E-state index contributed by atoms with van der Waals surface area (Å²) < 4.78 is 38.8. The van der Waals surface area contributed by atoms with Crippen LogP contribution in [0.1, 0.15) is 35.0 Å². The van der Waals surface area contributed by atoms with E-state index in [1.807, 2.05) is 30.3 Å². The van der Waals surface area contributed by atoms with E-state index in [1.54, 1.807) is 11.3 Å². The summed E-state index contributed by atoms with van der Waals surface area (Å²) in [6.07, 6.45) is -2.61. The molecule has 0 radical (unpaired) electrons. The average molecular weight is 389 g/mol. The minimum atomic E-state index is -4.51. The lowest BCUT2D eigenvalue weighted by atomic mass is 9.97. The first-order valence-electron chi connectivity index (χ1n) is 8.18. The van der Waals surface area contributed by atoms with Crippen molar-refractivity contribution in [2.75, 3.05) is 0 Å². The van der Waals surface area contributed by atoms with Gasteiger partial charge in [-0.25, -0.2) is 4.98 Å². The highest BCUT2D eigenvalue weighted by Crippen LogP contribution is 2.29. The third kappa shape index (κ3) is 4.49. The smallest absolute Gasteiger partial charge is 0.298 e. The first kappa shape index (κ1) is 19.0. The highest BCUT2D eigenvalue weighted by molar-refractivity contribution is 7.18. The number of hydrogen-bond acceptors (Lipinski definition) is 5. The highest BCUT2D eigenvalue weighted by atomic mass is 32.1. The molecule has 2 aromatic heterocycles. The maximum absolute atomic E-state index is 12.6. The van der Waals surface area contributed by atoms with Gasteiger partial charge in [-0.1, -0.05) is 12.1 Å². The summed E-state index contributed by atoms with van der Waals surface area (Å²) in [5.74, 6) is -1.52. The fourth-order valence-corrected chi connectivity index (χ4v) is 3.64. The van der Waals surface area contributed by atoms with Crippen LogP contribution in [-0.2, 0) is 17.4 Å². The molecule has 0 aliphatic rings. The van der Waals surface area contributed by atoms with Crippen LogP contribution in [0.25, 0.3) is 10.2 Å². The van der Waals surface area contributed by atoms with Crippen molar-refractivity contribution in [2.45, 2.75) is 31.4 Å². The van der Waals surface area contributed by atoms with Crippen molar-refractivity contribution in [2.24, 2.45) is 0 Å². The number of thiazole rings is 1. The Morgan fingerprint density at radius 2 is 2.00 bits per heavy atom. The molecule has 0 fully saturated rings. The van der Waals surface area contributed by atoms with Gasteiger partial charge in [-0.15, -0.1) is 11.3 Å². The maximum atomic E-state index is 12.6. The Bertz CT molecular complexity index is 957. The summed E-state index contributed by atoms with van der Waals surface area (Å²) in [5.41, 5.74) is 0.0365. The standard InChI is InChI=1S/C19H14F3N3OS/c20-19(21,22)12-8-9-14(24-11-12)13(10-23)16(26)5-3-7-18-25-15-4-1-2-6-17(15)27-18/h1-2,4,6,8-9,11,13H,3,5,7H2. The molecule has 27 heavy (non-hydrogen) atoms. The number of carbonyl (C=O) groups excluding carboxylic acids is 1. The van der Waals surface area contributed by atoms with Crippen molar-refractivity contribution >= 4 is 27.3 Å². The van der Waals surface area contributed by atoms with Gasteiger partial charge in [-0.2, -0.15) is 18.4 Å². The second kappa shape index (κ2) is 7.84. The second-order valence-electron chi connectivity index (χ2n) is 5.93. The molecular weight excluding hydrogens is 375 g/mol. The number of aromatic nitrogens is 2. The molecule has 0 spiro atoms. The zero-order chi connectivity index (χ0) is 19.4. The van der Waals surface area contributed by atoms with Gasteiger partial charge in [0.25, 0.3) is 0 Å². The Morgan fingerprint density at radius 3 is 2.63 bits per heavy atom. The van der Waals surface area contributed by atoms with Crippen LogP contribution < -0.4 is 0 Å². The Morgan fingerprint density at radius 1 is 1.22 bits per heavy atom. The molecule has 1 atom stereocenters. The number of fused-ring (bicyclic) bond motifs is 1. The van der Waals surface area contributed by atoms with Crippen LogP contribution in [0.15, 0.2) is 42.6 Å². The zero-order valence-corrected chi connectivity index (χ0v) is 14.8. The van der Waals surface area contributed by atoms with Crippen LogP contribution in [0, 0.1) is 11.3 Å². The Labute approximate surface area is 157 Å². The van der Waals surface area contributed by atoms with Crippen molar-refractivity contribution in [3.63, 3.8) is 0 Å². The van der Waals surface area contributed by atoms with Crippen molar-refractivity contribution in [3.05, 3.63) is 58.9 Å². The number of ketones is 1. The van der Waals surface area contributed by atoms with Crippen LogP contribution in [0.5, 0.6) is 0 Å². The molecule has 0 aliphatic carbocycles. The summed E-state index contributed by atoms with van der Waals surface area (Å²) in [6, 6.07) is 11.5. The number of halogens is 3. The van der Waals surface area contributed by atoms with Gasteiger partial charge in [0.05, 0.1) is 32.6 Å². The van der Waals surface area contributed by atoms with E-state index in [4.69, 9.17) is 0 Å². The van der Waals surface area contributed by atoms with E-state index in [0.29, 0.717) is 19.0 Å². The van der Waals surface area contributed by atoms with Gasteiger partial charge in [0.1, 0.15) is 5.92 Å². The third-order valence-electron chi connectivity index (χ3n) is 4.01. The van der Waals surface area contributed by atoms with Crippen molar-refractivity contribution in [1.82, 2.24) is 9.97 Å². The molecule has 1 unspecified atom stereocenters. The van der Waals surface area contributed by atoms with Crippen LogP contribution in [0.4, 0.5) is 13.2 Å². The number of carbonyl (C=O) groups is 1. The lowest BCUT2D eigenvalue weighted by molar-refractivity contribution is -0.137. The lowest BCUT2D eigenvalue weighted by Gasteiger charge is -2.10. The molecule has 138 valence electrons. The third-order valence-corrected chi connectivity index (χ3v) is 5.11. The monoisotopic (exact) mass is 389 g/mol. The Balaban J connectivity index is 1.61. The molecule has 3 rings (SSSR count). The molecule has 3 aromatic rings. The minimum Gasteiger partial charge on any atom is -0.298 e. The number of alkyl halides is 3. The number of benzene rings is 1. The quantitative estimate of drug-likeness (QED) is 0.601. The van der Waals surface area contributed by atoms with Crippen molar-refractivity contribution in [3.8, 4) is 6.07 Å². The van der Waals surface area contributed by atoms with E-state index in [2.05, 4.69) is 9.97 Å². The van der Waals surface area contributed by atoms with E-state index in [0.717, 1.165) is 27.4 Å². The molecule has 0 bridgehead atoms. The minimum absolute atomic E-state index is 0.0375. The van der Waals surface area contributed by atoms with Gasteiger partial charge in [0.2, 0.25) is 0 Å². The fraction of sp³-hybridized carbons (Fsp3) is 0.263. The fourth-order valence-electron chi connectivity index (χ4n) is 2.63. The van der Waals surface area contributed by atoms with Gasteiger partial charge in [0.15, 0.2) is 5.78 Å². The molecular formula is C19H14F3N3OS. The Kier molecular flexibility index (Phi) is 5.51. The van der Waals surface area contributed by atoms with Gasteiger partial charge >= 0.3 is 6.18 Å². The van der Waals surface area contributed by atoms with E-state index in [-0.39, 0.29) is 17.9 Å². The van der Waals surface area contributed by atoms with Crippen LogP contribution in [-0.4, -0.2) is 15.8 Å². The highest BCUT2D eigenvalue weighted by Gasteiger charge is 2.31. The molecule has 0 saturated carbocycles. The molecule has 2 heterocycles. The summed E-state index contributed by atoms with van der Waals surface area (Å²) >= 11 is 1.56. The maximum Gasteiger partial charge on any atom is 0.417 e. The largest absolute Gasteiger partial charge is 0.417 e. The number of para-hydroxylation sites is 1. The summed E-state index contributed by atoms with van der Waals surface area (Å²) in [5, 5.41) is 10.2. The topological polar surface area (TPSA) is 66.6 Å². The van der Waals surface area contributed by atoms with Gasteiger partial charge in [-0.3, -0.25) is 9.78 Å². The Hall–Kier alpha value is -2.79.